The summed E-state index contributed by atoms with van der Waals surface area (Å²) in [7, 11) is 0. The van der Waals surface area contributed by atoms with Crippen LogP contribution in [0.2, 0.25) is 0 Å². The number of aliphatic hydroxyl groups is 4. The minimum atomic E-state index is -1.40. The van der Waals surface area contributed by atoms with Crippen LogP contribution in [0.25, 0.3) is 0 Å². The Morgan fingerprint density at radius 3 is 0.963 bits per heavy atom. The molecule has 4 N–H and O–H groups in total. The van der Waals surface area contributed by atoms with Gasteiger partial charge in [0.1, 0.15) is 24.4 Å². The molecule has 1 saturated heterocycles. The molecule has 0 spiro atoms. The largest absolute Gasteiger partial charge is 0.394 e. The molecule has 1 heterocycles. The number of ether oxygens (including phenoxy) is 2. The summed E-state index contributed by atoms with van der Waals surface area (Å²) in [6.45, 7) is 4.59. The van der Waals surface area contributed by atoms with Gasteiger partial charge in [-0.15, -0.1) is 0 Å². The van der Waals surface area contributed by atoms with Crippen LogP contribution in [-0.4, -0.2) is 63.8 Å². The van der Waals surface area contributed by atoms with Gasteiger partial charge in [-0.05, 0) is 12.8 Å². The van der Waals surface area contributed by atoms with Crippen LogP contribution < -0.4 is 0 Å². The quantitative estimate of drug-likeness (QED) is 0.0462. The summed E-state index contributed by atoms with van der Waals surface area (Å²) in [6.07, 6.45) is 45.7. The number of hydrogen-bond donors (Lipinski definition) is 4. The van der Waals surface area contributed by atoms with Gasteiger partial charge in [0.2, 0.25) is 0 Å². The van der Waals surface area contributed by atoms with Crippen molar-refractivity contribution in [2.24, 2.45) is 0 Å². The lowest BCUT2D eigenvalue weighted by Crippen LogP contribution is -2.66. The molecule has 1 fully saturated rings. The van der Waals surface area contributed by atoms with E-state index in [0.29, 0.717) is 13.0 Å². The Kier molecular flexibility index (Phi) is 36.7. The third-order valence-corrected chi connectivity index (χ3v) is 12.3. The van der Waals surface area contributed by atoms with Crippen molar-refractivity contribution in [3.63, 3.8) is 0 Å². The molecule has 0 bridgehead atoms. The zero-order chi connectivity index (χ0) is 39.2. The Hall–Kier alpha value is -0.240. The highest BCUT2D eigenvalue weighted by molar-refractivity contribution is 4.97. The third-order valence-electron chi connectivity index (χ3n) is 12.3. The molecule has 0 aromatic rings. The van der Waals surface area contributed by atoms with E-state index in [1.807, 2.05) is 0 Å². The molecule has 6 heteroatoms. The van der Waals surface area contributed by atoms with E-state index in [1.54, 1.807) is 0 Å². The summed E-state index contributed by atoms with van der Waals surface area (Å²) in [4.78, 5) is 0. The molecular weight excluding hydrogens is 673 g/mol. The Balaban J connectivity index is 2.10. The zero-order valence-electron chi connectivity index (χ0n) is 36.4. The molecule has 324 valence electrons. The molecule has 5 atom stereocenters. The monoisotopic (exact) mass is 769 g/mol. The summed E-state index contributed by atoms with van der Waals surface area (Å²) < 4.78 is 12.3. The van der Waals surface area contributed by atoms with Crippen LogP contribution in [0.3, 0.4) is 0 Å². The second kappa shape index (κ2) is 38.3. The van der Waals surface area contributed by atoms with E-state index in [-0.39, 0.29) is 0 Å². The molecule has 0 amide bonds. The molecule has 0 aromatic heterocycles. The average Bonchev–Trinajstić information content (AvgIpc) is 3.18. The first-order chi connectivity index (χ1) is 26.5. The smallest absolute Gasteiger partial charge is 0.197 e. The standard InChI is InChI=1S/C48H96O6/c1-3-5-7-9-11-13-15-17-19-21-23-24-26-28-30-32-34-36-38-40-42-53-48(47(52)46(51)45(50)44(43-49)54-48)41-39-37-35-33-31-29-27-25-22-20-18-16-14-12-10-8-6-4-2/h44-47,49-52H,3-43H2,1-2H3/t44-,45-,46+,47-,48?/m1/s1. The first-order valence-electron chi connectivity index (χ1n) is 24.5. The highest BCUT2D eigenvalue weighted by Crippen LogP contribution is 2.36. The SMILES string of the molecule is CCCCCCCCCCCCCCCCCCCCCCOC1(CCCCCCCCCCCCCCCCCCCC)O[C@H](CO)[C@@H](O)[C@H](O)[C@H]1O. The Labute approximate surface area is 336 Å². The maximum atomic E-state index is 11.0. The van der Waals surface area contributed by atoms with Gasteiger partial charge in [-0.25, -0.2) is 0 Å². The number of unbranched alkanes of at least 4 members (excludes halogenated alkanes) is 36. The summed E-state index contributed by atoms with van der Waals surface area (Å²) in [5.41, 5.74) is 0. The van der Waals surface area contributed by atoms with E-state index in [0.717, 1.165) is 32.1 Å². The van der Waals surface area contributed by atoms with Crippen LogP contribution in [-0.2, 0) is 9.47 Å². The van der Waals surface area contributed by atoms with E-state index < -0.39 is 36.8 Å². The average molecular weight is 769 g/mol. The van der Waals surface area contributed by atoms with Crippen molar-refractivity contribution in [1.29, 1.82) is 0 Å². The first-order valence-corrected chi connectivity index (χ1v) is 24.5. The van der Waals surface area contributed by atoms with Gasteiger partial charge in [-0.3, -0.25) is 0 Å². The Morgan fingerprint density at radius 1 is 0.389 bits per heavy atom. The molecule has 1 aliphatic heterocycles. The third kappa shape index (κ3) is 27.4. The topological polar surface area (TPSA) is 99.4 Å². The Morgan fingerprint density at radius 2 is 0.667 bits per heavy atom. The predicted octanol–water partition coefficient (Wildman–Crippen LogP) is 13.4. The molecule has 0 radical (unpaired) electrons. The normalized spacial score (nSPS) is 21.7. The van der Waals surface area contributed by atoms with Gasteiger partial charge in [0.05, 0.1) is 13.2 Å². The summed E-state index contributed by atoms with van der Waals surface area (Å²) >= 11 is 0. The lowest BCUT2D eigenvalue weighted by atomic mass is 9.89. The molecule has 0 aliphatic carbocycles. The van der Waals surface area contributed by atoms with Crippen molar-refractivity contribution in [3.8, 4) is 0 Å². The summed E-state index contributed by atoms with van der Waals surface area (Å²) in [6, 6.07) is 0. The van der Waals surface area contributed by atoms with E-state index in [2.05, 4.69) is 13.8 Å². The van der Waals surface area contributed by atoms with Crippen LogP contribution in [0.15, 0.2) is 0 Å². The van der Waals surface area contributed by atoms with Crippen LogP contribution in [0, 0.1) is 0 Å². The number of hydrogen-bond acceptors (Lipinski definition) is 6. The van der Waals surface area contributed by atoms with Gasteiger partial charge >= 0.3 is 0 Å². The van der Waals surface area contributed by atoms with E-state index in [9.17, 15) is 20.4 Å². The van der Waals surface area contributed by atoms with Crippen molar-refractivity contribution in [1.82, 2.24) is 0 Å². The molecular formula is C48H96O6. The molecule has 6 nitrogen and oxygen atoms in total. The van der Waals surface area contributed by atoms with Gasteiger partial charge < -0.3 is 29.9 Å². The molecule has 0 aromatic carbocycles. The fourth-order valence-electron chi connectivity index (χ4n) is 8.48. The lowest BCUT2D eigenvalue weighted by Gasteiger charge is -2.48. The minimum Gasteiger partial charge on any atom is -0.394 e. The fraction of sp³-hybridized carbons (Fsp3) is 1.00. The minimum absolute atomic E-state index is 0.422. The number of aliphatic hydroxyl groups excluding tert-OH is 4. The van der Waals surface area contributed by atoms with E-state index >= 15 is 0 Å². The van der Waals surface area contributed by atoms with Crippen molar-refractivity contribution >= 4 is 0 Å². The second-order valence-electron chi connectivity index (χ2n) is 17.4. The first kappa shape index (κ1) is 51.8. The highest BCUT2D eigenvalue weighted by atomic mass is 16.7. The van der Waals surface area contributed by atoms with Gasteiger partial charge in [-0.1, -0.05) is 245 Å². The van der Waals surface area contributed by atoms with Gasteiger partial charge in [0.15, 0.2) is 5.79 Å². The van der Waals surface area contributed by atoms with Crippen LogP contribution in [0.5, 0.6) is 0 Å². The molecule has 54 heavy (non-hydrogen) atoms. The maximum Gasteiger partial charge on any atom is 0.197 e. The second-order valence-corrected chi connectivity index (χ2v) is 17.4. The summed E-state index contributed by atoms with van der Waals surface area (Å²) in [5, 5.41) is 41.9. The van der Waals surface area contributed by atoms with Gasteiger partial charge in [0.25, 0.3) is 0 Å². The van der Waals surface area contributed by atoms with Gasteiger partial charge in [0, 0.05) is 6.42 Å². The predicted molar refractivity (Wildman–Crippen MR) is 230 cm³/mol. The zero-order valence-corrected chi connectivity index (χ0v) is 36.4. The van der Waals surface area contributed by atoms with Crippen LogP contribution in [0.1, 0.15) is 264 Å². The Bertz CT molecular complexity index is 749. The maximum absolute atomic E-state index is 11.0. The van der Waals surface area contributed by atoms with Gasteiger partial charge in [-0.2, -0.15) is 0 Å². The van der Waals surface area contributed by atoms with E-state index in [4.69, 9.17) is 9.47 Å². The van der Waals surface area contributed by atoms with Crippen molar-refractivity contribution in [2.45, 2.75) is 294 Å². The molecule has 1 rings (SSSR count). The molecule has 1 unspecified atom stereocenters. The lowest BCUT2D eigenvalue weighted by molar-refractivity contribution is -0.366. The fourth-order valence-corrected chi connectivity index (χ4v) is 8.48. The van der Waals surface area contributed by atoms with Crippen molar-refractivity contribution in [3.05, 3.63) is 0 Å². The number of rotatable bonds is 42. The highest BCUT2D eigenvalue weighted by Gasteiger charge is 2.53. The molecule has 0 saturated carbocycles. The van der Waals surface area contributed by atoms with Crippen molar-refractivity contribution in [2.75, 3.05) is 13.2 Å². The van der Waals surface area contributed by atoms with E-state index in [1.165, 1.54) is 212 Å². The van der Waals surface area contributed by atoms with Crippen LogP contribution >= 0.6 is 0 Å². The molecule has 1 aliphatic rings. The van der Waals surface area contributed by atoms with Crippen molar-refractivity contribution < 1.29 is 29.9 Å². The summed E-state index contributed by atoms with van der Waals surface area (Å²) in [5.74, 6) is -1.38. The van der Waals surface area contributed by atoms with Crippen LogP contribution in [0.4, 0.5) is 0 Å².